The second-order valence-electron chi connectivity index (χ2n) is 2.95. The smallest absolute Gasteiger partial charge is 0.129 e. The van der Waals surface area contributed by atoms with Gasteiger partial charge in [-0.05, 0) is 12.1 Å². The van der Waals surface area contributed by atoms with Gasteiger partial charge in [-0.1, -0.05) is 0 Å². The Labute approximate surface area is 78.8 Å². The minimum absolute atomic E-state index is 0.138. The average molecular weight is 202 g/mol. The summed E-state index contributed by atoms with van der Waals surface area (Å²) in [4.78, 5) is 0. The molecule has 0 bridgehead atoms. The molecular formula is C9H8F2OS. The maximum Gasteiger partial charge on any atom is 0.129 e. The lowest BCUT2D eigenvalue weighted by Crippen LogP contribution is -2.13. The van der Waals surface area contributed by atoms with Gasteiger partial charge in [-0.2, -0.15) is 11.8 Å². The molecular weight excluding hydrogens is 194 g/mol. The number of fused-ring (bicyclic) bond motifs is 1. The molecule has 0 amide bonds. The molecule has 1 aliphatic rings. The van der Waals surface area contributed by atoms with Crippen LogP contribution in [0.3, 0.4) is 0 Å². The van der Waals surface area contributed by atoms with Crippen LogP contribution in [-0.2, 0) is 5.75 Å². The van der Waals surface area contributed by atoms with Gasteiger partial charge in [0.15, 0.2) is 0 Å². The van der Waals surface area contributed by atoms with E-state index in [4.69, 9.17) is 0 Å². The third-order valence-corrected chi connectivity index (χ3v) is 3.15. The molecule has 1 N–H and O–H groups in total. The largest absolute Gasteiger partial charge is 0.387 e. The molecule has 1 heterocycles. The molecule has 0 saturated heterocycles. The fourth-order valence-electron chi connectivity index (χ4n) is 1.47. The Hall–Kier alpha value is -0.610. The van der Waals surface area contributed by atoms with E-state index in [-0.39, 0.29) is 5.56 Å². The summed E-state index contributed by atoms with van der Waals surface area (Å²) in [6.45, 7) is 0. The summed E-state index contributed by atoms with van der Waals surface area (Å²) in [5.41, 5.74) is 0.447. The molecule has 1 aromatic carbocycles. The van der Waals surface area contributed by atoms with Gasteiger partial charge in [0, 0.05) is 22.6 Å². The van der Waals surface area contributed by atoms with Crippen molar-refractivity contribution in [3.63, 3.8) is 0 Å². The molecule has 1 nitrogen and oxygen atoms in total. The van der Waals surface area contributed by atoms with Crippen molar-refractivity contribution in [1.82, 2.24) is 0 Å². The second kappa shape index (κ2) is 3.27. The van der Waals surface area contributed by atoms with Crippen LogP contribution in [0.15, 0.2) is 12.1 Å². The predicted molar refractivity (Wildman–Crippen MR) is 47.5 cm³/mol. The van der Waals surface area contributed by atoms with E-state index >= 15 is 0 Å². The van der Waals surface area contributed by atoms with Gasteiger partial charge in [0.1, 0.15) is 11.6 Å². The van der Waals surface area contributed by atoms with E-state index in [0.717, 1.165) is 12.1 Å². The summed E-state index contributed by atoms with van der Waals surface area (Å²) in [6.07, 6.45) is -0.871. The zero-order chi connectivity index (χ0) is 9.42. The highest BCUT2D eigenvalue weighted by molar-refractivity contribution is 7.98. The SMILES string of the molecule is O[C@H]1CSCc2c(F)ccc(F)c21. The second-order valence-corrected chi connectivity index (χ2v) is 3.98. The number of hydrogen-bond donors (Lipinski definition) is 1. The van der Waals surface area contributed by atoms with Crippen LogP contribution in [0.2, 0.25) is 0 Å². The van der Waals surface area contributed by atoms with Crippen molar-refractivity contribution in [3.8, 4) is 0 Å². The first-order chi connectivity index (χ1) is 6.20. The van der Waals surface area contributed by atoms with Crippen molar-refractivity contribution in [1.29, 1.82) is 0 Å². The van der Waals surface area contributed by atoms with Gasteiger partial charge in [0.05, 0.1) is 6.10 Å². The van der Waals surface area contributed by atoms with E-state index in [1.165, 1.54) is 11.8 Å². The Bertz CT molecular complexity index is 341. The number of halogens is 2. The van der Waals surface area contributed by atoms with Crippen molar-refractivity contribution < 1.29 is 13.9 Å². The van der Waals surface area contributed by atoms with Crippen molar-refractivity contribution in [2.24, 2.45) is 0 Å². The minimum Gasteiger partial charge on any atom is -0.387 e. The van der Waals surface area contributed by atoms with Crippen LogP contribution in [0.4, 0.5) is 8.78 Å². The van der Waals surface area contributed by atoms with E-state index in [9.17, 15) is 13.9 Å². The summed E-state index contributed by atoms with van der Waals surface area (Å²) in [7, 11) is 0. The molecule has 1 aliphatic heterocycles. The van der Waals surface area contributed by atoms with Gasteiger partial charge in [-0.25, -0.2) is 8.78 Å². The van der Waals surface area contributed by atoms with E-state index in [1.54, 1.807) is 0 Å². The molecule has 2 rings (SSSR count). The molecule has 13 heavy (non-hydrogen) atoms. The van der Waals surface area contributed by atoms with Crippen molar-refractivity contribution in [2.45, 2.75) is 11.9 Å². The number of rotatable bonds is 0. The summed E-state index contributed by atoms with van der Waals surface area (Å²) in [5, 5.41) is 9.44. The first-order valence-electron chi connectivity index (χ1n) is 3.92. The Kier molecular flexibility index (Phi) is 2.26. The summed E-state index contributed by atoms with van der Waals surface area (Å²) in [6, 6.07) is 2.17. The molecule has 0 aliphatic carbocycles. The molecule has 0 fully saturated rings. The Morgan fingerprint density at radius 3 is 2.69 bits per heavy atom. The zero-order valence-electron chi connectivity index (χ0n) is 6.76. The van der Waals surface area contributed by atoms with Gasteiger partial charge in [-0.3, -0.25) is 0 Å². The first-order valence-corrected chi connectivity index (χ1v) is 5.08. The highest BCUT2D eigenvalue weighted by atomic mass is 32.2. The number of aliphatic hydroxyl groups is 1. The summed E-state index contributed by atoms with van der Waals surface area (Å²) >= 11 is 1.41. The minimum atomic E-state index is -0.871. The highest BCUT2D eigenvalue weighted by Gasteiger charge is 2.24. The average Bonchev–Trinajstić information content (AvgIpc) is 2.12. The molecule has 0 radical (unpaired) electrons. The van der Waals surface area contributed by atoms with Gasteiger partial charge in [-0.15, -0.1) is 0 Å². The first kappa shape index (κ1) is 8.97. The van der Waals surface area contributed by atoms with E-state index in [1.807, 2.05) is 0 Å². The number of benzene rings is 1. The Morgan fingerprint density at radius 1 is 1.31 bits per heavy atom. The molecule has 0 spiro atoms. The lowest BCUT2D eigenvalue weighted by atomic mass is 10.0. The number of hydrogen-bond acceptors (Lipinski definition) is 2. The topological polar surface area (TPSA) is 20.2 Å². The van der Waals surface area contributed by atoms with Crippen LogP contribution < -0.4 is 0 Å². The Morgan fingerprint density at radius 2 is 2.00 bits per heavy atom. The van der Waals surface area contributed by atoms with E-state index < -0.39 is 17.7 Å². The fraction of sp³-hybridized carbons (Fsp3) is 0.333. The third kappa shape index (κ3) is 1.44. The molecule has 70 valence electrons. The quantitative estimate of drug-likeness (QED) is 0.696. The van der Waals surface area contributed by atoms with Crippen molar-refractivity contribution >= 4 is 11.8 Å². The van der Waals surface area contributed by atoms with Crippen LogP contribution in [0.1, 0.15) is 17.2 Å². The lowest BCUT2D eigenvalue weighted by Gasteiger charge is -2.21. The van der Waals surface area contributed by atoms with Gasteiger partial charge in [0.25, 0.3) is 0 Å². The maximum absolute atomic E-state index is 13.2. The monoisotopic (exact) mass is 202 g/mol. The highest BCUT2D eigenvalue weighted by Crippen LogP contribution is 2.34. The van der Waals surface area contributed by atoms with Gasteiger partial charge < -0.3 is 5.11 Å². The van der Waals surface area contributed by atoms with E-state index in [2.05, 4.69) is 0 Å². The fourth-order valence-corrected chi connectivity index (χ4v) is 2.48. The van der Waals surface area contributed by atoms with Gasteiger partial charge in [0.2, 0.25) is 0 Å². The molecule has 4 heteroatoms. The zero-order valence-corrected chi connectivity index (χ0v) is 7.57. The summed E-state index contributed by atoms with van der Waals surface area (Å²) in [5.74, 6) is -0.0598. The van der Waals surface area contributed by atoms with Crippen LogP contribution >= 0.6 is 11.8 Å². The van der Waals surface area contributed by atoms with Crippen molar-refractivity contribution in [2.75, 3.05) is 5.75 Å². The predicted octanol–water partition coefficient (Wildman–Crippen LogP) is 2.25. The maximum atomic E-state index is 13.2. The summed E-state index contributed by atoms with van der Waals surface area (Å²) < 4.78 is 26.3. The molecule has 1 atom stereocenters. The number of aliphatic hydroxyl groups excluding tert-OH is 1. The molecule has 1 aromatic rings. The molecule has 0 saturated carbocycles. The van der Waals surface area contributed by atoms with E-state index in [0.29, 0.717) is 17.1 Å². The third-order valence-electron chi connectivity index (χ3n) is 2.10. The lowest BCUT2D eigenvalue weighted by molar-refractivity contribution is 0.195. The van der Waals surface area contributed by atoms with Crippen LogP contribution in [0.25, 0.3) is 0 Å². The van der Waals surface area contributed by atoms with Crippen LogP contribution in [0, 0.1) is 11.6 Å². The number of thioether (sulfide) groups is 1. The molecule has 0 aromatic heterocycles. The van der Waals surface area contributed by atoms with Crippen LogP contribution in [-0.4, -0.2) is 10.9 Å². The normalized spacial score (nSPS) is 21.3. The van der Waals surface area contributed by atoms with Crippen LogP contribution in [0.5, 0.6) is 0 Å². The molecule has 0 unspecified atom stereocenters. The standard InChI is InChI=1S/C9H8F2OS/c10-6-1-2-7(11)9-5(6)3-13-4-8(9)12/h1-2,8,12H,3-4H2/t8-/m0/s1. The van der Waals surface area contributed by atoms with Gasteiger partial charge >= 0.3 is 0 Å². The Balaban J connectivity index is 2.60. The van der Waals surface area contributed by atoms with Crippen molar-refractivity contribution in [3.05, 3.63) is 34.9 Å².